The maximum Gasteiger partial charge on any atom is 0.223 e. The molecule has 0 unspecified atom stereocenters. The van der Waals surface area contributed by atoms with E-state index in [9.17, 15) is 4.79 Å². The van der Waals surface area contributed by atoms with E-state index in [1.165, 1.54) is 62.7 Å². The van der Waals surface area contributed by atoms with Gasteiger partial charge in [0, 0.05) is 25.6 Å². The number of nitrogens with zero attached hydrogens (tertiary/aromatic N) is 1. The Hall–Kier alpha value is -1.35. The summed E-state index contributed by atoms with van der Waals surface area (Å²) in [4.78, 5) is 14.5. The van der Waals surface area contributed by atoms with Crippen LogP contribution in [0.5, 0.6) is 0 Å². The van der Waals surface area contributed by atoms with Crippen molar-refractivity contribution in [3.63, 3.8) is 0 Å². The lowest BCUT2D eigenvalue weighted by atomic mass is 10.00. The monoisotopic (exact) mass is 328 g/mol. The van der Waals surface area contributed by atoms with E-state index >= 15 is 0 Å². The summed E-state index contributed by atoms with van der Waals surface area (Å²) in [6, 6.07) is 8.85. The number of hydrogen-bond acceptors (Lipinski definition) is 2. The molecule has 132 valence electrons. The largest absolute Gasteiger partial charge is 0.356 e. The molecular formula is C21H32N2O. The van der Waals surface area contributed by atoms with Gasteiger partial charge in [0.1, 0.15) is 0 Å². The zero-order valence-electron chi connectivity index (χ0n) is 14.9. The molecule has 1 aromatic carbocycles. The maximum absolute atomic E-state index is 11.9. The predicted molar refractivity (Wildman–Crippen MR) is 98.9 cm³/mol. The van der Waals surface area contributed by atoms with Crippen LogP contribution in [0.15, 0.2) is 24.3 Å². The smallest absolute Gasteiger partial charge is 0.223 e. The highest BCUT2D eigenvalue weighted by Crippen LogP contribution is 2.24. The fourth-order valence-electron chi connectivity index (χ4n) is 4.10. The van der Waals surface area contributed by atoms with Gasteiger partial charge in [-0.1, -0.05) is 49.9 Å². The van der Waals surface area contributed by atoms with E-state index in [1.807, 2.05) is 0 Å². The molecule has 1 heterocycles. The molecule has 1 aliphatic heterocycles. The number of nitrogens with one attached hydrogen (secondary N) is 1. The molecule has 1 fully saturated rings. The minimum atomic E-state index is 0.305. The second-order valence-corrected chi connectivity index (χ2v) is 7.48. The summed E-state index contributed by atoms with van der Waals surface area (Å²) >= 11 is 0. The van der Waals surface area contributed by atoms with Crippen LogP contribution in [-0.4, -0.2) is 30.4 Å². The molecule has 3 heteroatoms. The van der Waals surface area contributed by atoms with Crippen molar-refractivity contribution in [3.8, 4) is 0 Å². The van der Waals surface area contributed by atoms with Gasteiger partial charge >= 0.3 is 0 Å². The zero-order chi connectivity index (χ0) is 16.6. The molecule has 1 amide bonds. The highest BCUT2D eigenvalue weighted by atomic mass is 16.1. The normalized spacial score (nSPS) is 18.5. The van der Waals surface area contributed by atoms with Crippen molar-refractivity contribution in [2.24, 2.45) is 5.92 Å². The highest BCUT2D eigenvalue weighted by Gasteiger charge is 2.21. The van der Waals surface area contributed by atoms with Gasteiger partial charge in [-0.2, -0.15) is 0 Å². The van der Waals surface area contributed by atoms with Gasteiger partial charge < -0.3 is 5.32 Å². The van der Waals surface area contributed by atoms with Gasteiger partial charge in [0.15, 0.2) is 0 Å². The van der Waals surface area contributed by atoms with Crippen molar-refractivity contribution >= 4 is 5.91 Å². The molecule has 0 aromatic heterocycles. The lowest BCUT2D eigenvalue weighted by Crippen LogP contribution is -2.31. The Kier molecular flexibility index (Phi) is 6.71. The quantitative estimate of drug-likeness (QED) is 0.734. The van der Waals surface area contributed by atoms with Crippen molar-refractivity contribution in [1.29, 1.82) is 0 Å². The fourth-order valence-corrected chi connectivity index (χ4v) is 4.10. The third-order valence-electron chi connectivity index (χ3n) is 5.64. The third kappa shape index (κ3) is 5.07. The molecule has 3 rings (SSSR count). The van der Waals surface area contributed by atoms with Gasteiger partial charge in [0.25, 0.3) is 0 Å². The van der Waals surface area contributed by atoms with E-state index in [2.05, 4.69) is 34.5 Å². The summed E-state index contributed by atoms with van der Waals surface area (Å²) in [5.41, 5.74) is 3.05. The first-order valence-corrected chi connectivity index (χ1v) is 9.90. The van der Waals surface area contributed by atoms with E-state index < -0.39 is 0 Å². The van der Waals surface area contributed by atoms with Crippen LogP contribution >= 0.6 is 0 Å². The van der Waals surface area contributed by atoms with E-state index in [-0.39, 0.29) is 0 Å². The summed E-state index contributed by atoms with van der Waals surface area (Å²) in [5.74, 6) is 0.617. The lowest BCUT2D eigenvalue weighted by molar-refractivity contribution is -0.124. The maximum atomic E-state index is 11.9. The first-order chi connectivity index (χ1) is 11.8. The Morgan fingerprint density at radius 2 is 1.79 bits per heavy atom. The third-order valence-corrected chi connectivity index (χ3v) is 5.64. The Labute approximate surface area is 146 Å². The van der Waals surface area contributed by atoms with Crippen molar-refractivity contribution in [1.82, 2.24) is 10.2 Å². The van der Waals surface area contributed by atoms with Crippen molar-refractivity contribution in [2.75, 3.05) is 19.6 Å². The molecule has 0 atom stereocenters. The summed E-state index contributed by atoms with van der Waals surface area (Å²) in [7, 11) is 0. The number of unbranched alkanes of at least 4 members (excludes halogenated alkanes) is 3. The topological polar surface area (TPSA) is 32.3 Å². The van der Waals surface area contributed by atoms with Crippen LogP contribution in [0.1, 0.15) is 62.5 Å². The Morgan fingerprint density at radius 1 is 1.04 bits per heavy atom. The first-order valence-electron chi connectivity index (χ1n) is 9.90. The van der Waals surface area contributed by atoms with Gasteiger partial charge in [-0.3, -0.25) is 9.69 Å². The molecule has 1 saturated carbocycles. The Balaban J connectivity index is 1.21. The van der Waals surface area contributed by atoms with E-state index in [1.54, 1.807) is 0 Å². The molecule has 1 aromatic rings. The van der Waals surface area contributed by atoms with Crippen LogP contribution in [0.4, 0.5) is 0 Å². The van der Waals surface area contributed by atoms with Crippen molar-refractivity contribution in [2.45, 2.75) is 64.3 Å². The molecule has 0 radical (unpaired) electrons. The fraction of sp³-hybridized carbons (Fsp3) is 0.667. The summed E-state index contributed by atoms with van der Waals surface area (Å²) in [5, 5.41) is 3.13. The van der Waals surface area contributed by atoms with Crippen molar-refractivity contribution in [3.05, 3.63) is 35.4 Å². The number of fused-ring (bicyclic) bond motifs is 1. The number of carbonyl (C=O) groups excluding carboxylic acids is 1. The molecule has 2 aliphatic rings. The van der Waals surface area contributed by atoms with Crippen LogP contribution in [0.25, 0.3) is 0 Å². The lowest BCUT2D eigenvalue weighted by Gasteiger charge is -2.28. The molecular weight excluding hydrogens is 296 g/mol. The van der Waals surface area contributed by atoms with E-state index in [0.29, 0.717) is 11.8 Å². The van der Waals surface area contributed by atoms with E-state index in [0.717, 1.165) is 32.4 Å². The van der Waals surface area contributed by atoms with Crippen LogP contribution in [-0.2, 0) is 17.8 Å². The van der Waals surface area contributed by atoms with Gasteiger partial charge in [-0.05, 0) is 49.8 Å². The summed E-state index contributed by atoms with van der Waals surface area (Å²) < 4.78 is 0. The number of hydrogen-bond donors (Lipinski definition) is 1. The van der Waals surface area contributed by atoms with Crippen LogP contribution < -0.4 is 5.32 Å². The molecule has 1 aliphatic carbocycles. The van der Waals surface area contributed by atoms with Gasteiger partial charge in [0.05, 0.1) is 0 Å². The van der Waals surface area contributed by atoms with Crippen LogP contribution in [0.2, 0.25) is 0 Å². The van der Waals surface area contributed by atoms with Gasteiger partial charge in [-0.15, -0.1) is 0 Å². The van der Waals surface area contributed by atoms with Crippen LogP contribution in [0, 0.1) is 5.92 Å². The minimum Gasteiger partial charge on any atom is -0.356 e. The Morgan fingerprint density at radius 3 is 2.62 bits per heavy atom. The van der Waals surface area contributed by atoms with Crippen LogP contribution in [0.3, 0.4) is 0 Å². The average Bonchev–Trinajstić information content (AvgIpc) is 3.15. The number of amides is 1. The van der Waals surface area contributed by atoms with Gasteiger partial charge in [0.2, 0.25) is 5.91 Å². The SMILES string of the molecule is O=C(NCCCCCCN1CCc2ccccc2C1)C1CCCC1. The van der Waals surface area contributed by atoms with Crippen molar-refractivity contribution < 1.29 is 4.79 Å². The number of rotatable bonds is 8. The standard InChI is InChI=1S/C21H32N2O/c24-21(19-10-4-5-11-19)22-14-7-1-2-8-15-23-16-13-18-9-3-6-12-20(18)17-23/h3,6,9,12,19H,1-2,4-5,7-8,10-11,13-17H2,(H,22,24). The molecule has 3 nitrogen and oxygen atoms in total. The zero-order valence-corrected chi connectivity index (χ0v) is 14.9. The second-order valence-electron chi connectivity index (χ2n) is 7.48. The molecule has 24 heavy (non-hydrogen) atoms. The first kappa shape index (κ1) is 17.5. The molecule has 0 saturated heterocycles. The second kappa shape index (κ2) is 9.22. The number of benzene rings is 1. The van der Waals surface area contributed by atoms with Gasteiger partial charge in [-0.25, -0.2) is 0 Å². The Bertz CT molecular complexity index is 522. The molecule has 0 bridgehead atoms. The number of carbonyl (C=O) groups is 1. The molecule has 1 N–H and O–H groups in total. The predicted octanol–water partition coefficient (Wildman–Crippen LogP) is 3.91. The minimum absolute atomic E-state index is 0.305. The highest BCUT2D eigenvalue weighted by molar-refractivity contribution is 5.78. The van der Waals surface area contributed by atoms with E-state index in [4.69, 9.17) is 0 Å². The average molecular weight is 329 g/mol. The summed E-state index contributed by atoms with van der Waals surface area (Å²) in [6.45, 7) is 4.40. The molecule has 0 spiro atoms. The summed E-state index contributed by atoms with van der Waals surface area (Å²) in [6.07, 6.45) is 10.8.